The van der Waals surface area contributed by atoms with Crippen molar-refractivity contribution in [2.45, 2.75) is 71.8 Å². The van der Waals surface area contributed by atoms with Crippen molar-refractivity contribution >= 4 is 5.78 Å². The molecular formula is C15H26N2O. The normalized spacial score (nSPS) is 12.6. The second kappa shape index (κ2) is 8.06. The Morgan fingerprint density at radius 3 is 2.78 bits per heavy atom. The first kappa shape index (κ1) is 14.9. The predicted octanol–water partition coefficient (Wildman–Crippen LogP) is 3.94. The molecule has 0 N–H and O–H groups in total. The van der Waals surface area contributed by atoms with Crippen LogP contribution in [0.4, 0.5) is 0 Å². The maximum absolute atomic E-state index is 11.8. The molecule has 1 aromatic heterocycles. The van der Waals surface area contributed by atoms with E-state index in [4.69, 9.17) is 0 Å². The highest BCUT2D eigenvalue weighted by atomic mass is 16.1. The number of ketones is 1. The summed E-state index contributed by atoms with van der Waals surface area (Å²) in [5.74, 6) is 0.320. The van der Waals surface area contributed by atoms with Crippen LogP contribution in [0.25, 0.3) is 0 Å². The topological polar surface area (TPSA) is 34.9 Å². The van der Waals surface area contributed by atoms with Crippen LogP contribution in [-0.2, 0) is 11.2 Å². The largest absolute Gasteiger partial charge is 0.299 e. The molecule has 3 heteroatoms. The van der Waals surface area contributed by atoms with Crippen molar-refractivity contribution in [3.63, 3.8) is 0 Å². The lowest BCUT2D eigenvalue weighted by Gasteiger charge is -2.07. The quantitative estimate of drug-likeness (QED) is 0.622. The van der Waals surface area contributed by atoms with Gasteiger partial charge in [-0.1, -0.05) is 33.1 Å². The zero-order valence-electron chi connectivity index (χ0n) is 12.0. The lowest BCUT2D eigenvalue weighted by molar-refractivity contribution is -0.118. The Hall–Kier alpha value is -1.12. The average Bonchev–Trinajstić information content (AvgIpc) is 2.82. The molecule has 1 aromatic rings. The minimum Gasteiger partial charge on any atom is -0.299 e. The van der Waals surface area contributed by atoms with Crippen LogP contribution in [0, 0.1) is 0 Å². The summed E-state index contributed by atoms with van der Waals surface area (Å²) < 4.78 is 1.96. The summed E-state index contributed by atoms with van der Waals surface area (Å²) in [4.78, 5) is 11.8. The lowest BCUT2D eigenvalue weighted by Crippen LogP contribution is -2.07. The first-order valence-electron chi connectivity index (χ1n) is 7.23. The van der Waals surface area contributed by atoms with Gasteiger partial charge in [0.05, 0.1) is 12.1 Å². The molecule has 0 fully saturated rings. The fraction of sp³-hybridized carbons (Fsp3) is 0.733. The Balaban J connectivity index is 2.33. The molecule has 0 radical (unpaired) electrons. The maximum Gasteiger partial charge on any atom is 0.138 e. The fourth-order valence-corrected chi connectivity index (χ4v) is 1.94. The number of hydrogen-bond donors (Lipinski definition) is 0. The monoisotopic (exact) mass is 250 g/mol. The van der Waals surface area contributed by atoms with Crippen molar-refractivity contribution < 1.29 is 4.79 Å². The molecule has 0 aliphatic carbocycles. The van der Waals surface area contributed by atoms with E-state index in [2.05, 4.69) is 25.9 Å². The number of nitrogens with zero attached hydrogens (tertiary/aromatic N) is 2. The van der Waals surface area contributed by atoms with Gasteiger partial charge in [0.2, 0.25) is 0 Å². The number of aromatic nitrogens is 2. The lowest BCUT2D eigenvalue weighted by atomic mass is 10.1. The second-order valence-electron chi connectivity index (χ2n) is 5.07. The van der Waals surface area contributed by atoms with E-state index in [0.717, 1.165) is 18.5 Å². The molecular weight excluding hydrogens is 224 g/mol. The second-order valence-corrected chi connectivity index (χ2v) is 5.07. The Morgan fingerprint density at radius 2 is 2.11 bits per heavy atom. The summed E-state index contributed by atoms with van der Waals surface area (Å²) in [7, 11) is 0. The van der Waals surface area contributed by atoms with Gasteiger partial charge in [0.1, 0.15) is 5.78 Å². The molecule has 0 bridgehead atoms. The third-order valence-corrected chi connectivity index (χ3v) is 3.39. The molecule has 0 saturated heterocycles. The van der Waals surface area contributed by atoms with Gasteiger partial charge in [-0.15, -0.1) is 0 Å². The highest BCUT2D eigenvalue weighted by Crippen LogP contribution is 2.11. The van der Waals surface area contributed by atoms with Crippen molar-refractivity contribution in [3.05, 3.63) is 18.0 Å². The zero-order chi connectivity index (χ0) is 13.4. The van der Waals surface area contributed by atoms with Crippen molar-refractivity contribution in [2.75, 3.05) is 0 Å². The third-order valence-electron chi connectivity index (χ3n) is 3.39. The van der Waals surface area contributed by atoms with Crippen molar-refractivity contribution in [2.24, 2.45) is 0 Å². The summed E-state index contributed by atoms with van der Waals surface area (Å²) in [6, 6.07) is 2.38. The van der Waals surface area contributed by atoms with E-state index in [1.165, 1.54) is 19.3 Å². The predicted molar refractivity (Wildman–Crippen MR) is 74.7 cm³/mol. The zero-order valence-corrected chi connectivity index (χ0v) is 12.0. The fourth-order valence-electron chi connectivity index (χ4n) is 1.94. The molecule has 0 aliphatic heterocycles. The minimum absolute atomic E-state index is 0.320. The van der Waals surface area contributed by atoms with E-state index < -0.39 is 0 Å². The van der Waals surface area contributed by atoms with Crippen LogP contribution in [0.3, 0.4) is 0 Å². The highest BCUT2D eigenvalue weighted by molar-refractivity contribution is 5.80. The number of Topliss-reactive ketones (excluding diaryl/α,β-unsaturated/α-hetero) is 1. The number of unbranched alkanes of at least 4 members (excludes halogenated alkanes) is 3. The van der Waals surface area contributed by atoms with Crippen molar-refractivity contribution in [3.8, 4) is 0 Å². The van der Waals surface area contributed by atoms with Crippen LogP contribution in [0.2, 0.25) is 0 Å². The highest BCUT2D eigenvalue weighted by Gasteiger charge is 2.08. The molecule has 1 rings (SSSR count). The molecule has 0 saturated carbocycles. The summed E-state index contributed by atoms with van der Waals surface area (Å²) in [6.07, 6.45) is 8.89. The summed E-state index contributed by atoms with van der Waals surface area (Å²) >= 11 is 0. The van der Waals surface area contributed by atoms with Gasteiger partial charge in [-0.2, -0.15) is 5.10 Å². The van der Waals surface area contributed by atoms with Gasteiger partial charge in [-0.05, 0) is 25.8 Å². The van der Waals surface area contributed by atoms with Crippen LogP contribution < -0.4 is 0 Å². The van der Waals surface area contributed by atoms with Crippen molar-refractivity contribution in [1.29, 1.82) is 0 Å². The molecule has 102 valence electrons. The van der Waals surface area contributed by atoms with Gasteiger partial charge in [0.25, 0.3) is 0 Å². The summed E-state index contributed by atoms with van der Waals surface area (Å²) in [5.41, 5.74) is 0.913. The molecule has 0 aromatic carbocycles. The molecule has 3 nitrogen and oxygen atoms in total. The summed E-state index contributed by atoms with van der Waals surface area (Å²) in [6.45, 7) is 6.47. The molecule has 1 heterocycles. The van der Waals surface area contributed by atoms with E-state index in [1.54, 1.807) is 0 Å². The number of rotatable bonds is 9. The molecule has 1 unspecified atom stereocenters. The van der Waals surface area contributed by atoms with Crippen molar-refractivity contribution in [1.82, 2.24) is 9.78 Å². The third kappa shape index (κ3) is 5.03. The van der Waals surface area contributed by atoms with E-state index in [-0.39, 0.29) is 0 Å². The van der Waals surface area contributed by atoms with Crippen LogP contribution in [0.1, 0.15) is 71.0 Å². The van der Waals surface area contributed by atoms with E-state index >= 15 is 0 Å². The number of carbonyl (C=O) groups is 1. The molecule has 0 amide bonds. The molecule has 0 spiro atoms. The van der Waals surface area contributed by atoms with Crippen LogP contribution in [0.15, 0.2) is 12.3 Å². The minimum atomic E-state index is 0.320. The van der Waals surface area contributed by atoms with Gasteiger partial charge in [0, 0.05) is 18.7 Å². The molecule has 18 heavy (non-hydrogen) atoms. The van der Waals surface area contributed by atoms with Gasteiger partial charge in [0.15, 0.2) is 0 Å². The Kier molecular flexibility index (Phi) is 6.69. The first-order valence-corrected chi connectivity index (χ1v) is 7.23. The van der Waals surface area contributed by atoms with Gasteiger partial charge in [-0.25, -0.2) is 0 Å². The smallest absolute Gasteiger partial charge is 0.138 e. The van der Waals surface area contributed by atoms with Crippen LogP contribution in [0.5, 0.6) is 0 Å². The SMILES string of the molecule is CCCCCCC(=O)Cc1ccn(C(C)CC)n1. The molecule has 1 atom stereocenters. The Bertz CT molecular complexity index is 357. The van der Waals surface area contributed by atoms with Crippen LogP contribution in [-0.4, -0.2) is 15.6 Å². The Labute approximate surface area is 111 Å². The Morgan fingerprint density at radius 1 is 1.33 bits per heavy atom. The first-order chi connectivity index (χ1) is 8.67. The van der Waals surface area contributed by atoms with Gasteiger partial charge >= 0.3 is 0 Å². The standard InChI is InChI=1S/C15H26N2O/c1-4-6-7-8-9-15(18)12-14-10-11-17(16-14)13(3)5-2/h10-11,13H,4-9,12H2,1-3H3. The average molecular weight is 250 g/mol. The maximum atomic E-state index is 11.8. The van der Waals surface area contributed by atoms with E-state index in [0.29, 0.717) is 24.7 Å². The van der Waals surface area contributed by atoms with Crippen LogP contribution >= 0.6 is 0 Å². The van der Waals surface area contributed by atoms with E-state index in [1.807, 2.05) is 16.9 Å². The van der Waals surface area contributed by atoms with Gasteiger partial charge in [-0.3, -0.25) is 9.48 Å². The van der Waals surface area contributed by atoms with Gasteiger partial charge < -0.3 is 0 Å². The number of carbonyl (C=O) groups excluding carboxylic acids is 1. The van der Waals surface area contributed by atoms with E-state index in [9.17, 15) is 4.79 Å². The summed E-state index contributed by atoms with van der Waals surface area (Å²) in [5, 5.41) is 4.46. The molecule has 0 aliphatic rings. The number of hydrogen-bond acceptors (Lipinski definition) is 2.